The highest BCUT2D eigenvalue weighted by atomic mass is 32.2. The van der Waals surface area contributed by atoms with E-state index in [0.29, 0.717) is 0 Å². The average molecular weight is 620 g/mol. The third-order valence-electron chi connectivity index (χ3n) is 7.52. The maximum atomic E-state index is 13.4. The third kappa shape index (κ3) is 6.92. The van der Waals surface area contributed by atoms with E-state index in [9.17, 15) is 18.7 Å². The molecular formula is C32H37N3O6SSi. The molecule has 0 bridgehead atoms. The van der Waals surface area contributed by atoms with Crippen LogP contribution in [0.4, 0.5) is 0 Å². The summed E-state index contributed by atoms with van der Waals surface area (Å²) in [5.41, 5.74) is 10.7. The first kappa shape index (κ1) is 32.2. The van der Waals surface area contributed by atoms with E-state index in [1.54, 1.807) is 19.1 Å². The van der Waals surface area contributed by atoms with Crippen LogP contribution in [0.25, 0.3) is 10.4 Å². The molecule has 3 atom stereocenters. The Morgan fingerprint density at radius 3 is 2.02 bits per heavy atom. The highest BCUT2D eigenvalue weighted by molar-refractivity contribution is 7.86. The van der Waals surface area contributed by atoms with Gasteiger partial charge < -0.3 is 9.16 Å². The molecule has 0 fully saturated rings. The molecule has 0 aliphatic heterocycles. The number of aryl methyl sites for hydroxylation is 1. The zero-order chi connectivity index (χ0) is 31.3. The van der Waals surface area contributed by atoms with Crippen LogP contribution in [0.2, 0.25) is 5.04 Å². The van der Waals surface area contributed by atoms with Crippen LogP contribution in [0.3, 0.4) is 0 Å². The van der Waals surface area contributed by atoms with Gasteiger partial charge in [-0.05, 0) is 53.0 Å². The molecule has 43 heavy (non-hydrogen) atoms. The minimum absolute atomic E-state index is 0.0391. The molecule has 1 aliphatic carbocycles. The minimum Gasteiger partial charge on any atom is -0.463 e. The second kappa shape index (κ2) is 13.3. The number of benzene rings is 3. The fraction of sp³-hybridized carbons (Fsp3) is 0.344. The highest BCUT2D eigenvalue weighted by Crippen LogP contribution is 2.40. The lowest BCUT2D eigenvalue weighted by molar-refractivity contribution is -0.139. The molecule has 0 unspecified atom stereocenters. The Morgan fingerprint density at radius 2 is 1.53 bits per heavy atom. The Bertz CT molecular complexity index is 1560. The largest absolute Gasteiger partial charge is 0.463 e. The van der Waals surface area contributed by atoms with Crippen LogP contribution in [0.1, 0.15) is 39.7 Å². The zero-order valence-corrected chi connectivity index (χ0v) is 26.8. The molecule has 0 spiro atoms. The Morgan fingerprint density at radius 1 is 0.977 bits per heavy atom. The van der Waals surface area contributed by atoms with Crippen molar-refractivity contribution in [2.45, 2.75) is 69.2 Å². The summed E-state index contributed by atoms with van der Waals surface area (Å²) < 4.78 is 45.1. The molecule has 3 aromatic rings. The van der Waals surface area contributed by atoms with E-state index in [-0.39, 0.29) is 23.5 Å². The molecule has 9 nitrogen and oxygen atoms in total. The van der Waals surface area contributed by atoms with Crippen molar-refractivity contribution in [2.75, 3.05) is 6.61 Å². The van der Waals surface area contributed by atoms with Gasteiger partial charge in [-0.3, -0.25) is 4.18 Å². The molecule has 11 heteroatoms. The first-order chi connectivity index (χ1) is 20.4. The number of hydrogen-bond donors (Lipinski definition) is 0. The van der Waals surface area contributed by atoms with Crippen LogP contribution >= 0.6 is 0 Å². The fourth-order valence-corrected chi connectivity index (χ4v) is 11.2. The van der Waals surface area contributed by atoms with Crippen molar-refractivity contribution in [1.29, 1.82) is 0 Å². The molecule has 3 aromatic carbocycles. The first-order valence-electron chi connectivity index (χ1n) is 14.1. The second-order valence-electron chi connectivity index (χ2n) is 11.5. The molecule has 0 saturated carbocycles. The topological polar surface area (TPSA) is 128 Å². The van der Waals surface area contributed by atoms with Crippen molar-refractivity contribution >= 4 is 34.8 Å². The van der Waals surface area contributed by atoms with Crippen molar-refractivity contribution in [3.05, 3.63) is 113 Å². The third-order valence-corrected chi connectivity index (χ3v) is 13.9. The first-order valence-corrected chi connectivity index (χ1v) is 17.5. The summed E-state index contributed by atoms with van der Waals surface area (Å²) in [6.07, 6.45) is -0.811. The highest BCUT2D eigenvalue weighted by Gasteiger charge is 2.53. The normalized spacial score (nSPS) is 19.2. The van der Waals surface area contributed by atoms with Gasteiger partial charge in [0.2, 0.25) is 0 Å². The number of azide groups is 1. The molecule has 0 N–H and O–H groups in total. The van der Waals surface area contributed by atoms with Gasteiger partial charge in [0.05, 0.1) is 23.6 Å². The van der Waals surface area contributed by atoms with E-state index in [1.165, 1.54) is 18.2 Å². The number of nitrogens with zero attached hydrogens (tertiary/aromatic N) is 3. The monoisotopic (exact) mass is 619 g/mol. The summed E-state index contributed by atoms with van der Waals surface area (Å²) in [5, 5.41) is 5.54. The zero-order valence-electron chi connectivity index (χ0n) is 25.0. The minimum atomic E-state index is -4.31. The lowest BCUT2D eigenvalue weighted by Gasteiger charge is -2.47. The fourth-order valence-electron chi connectivity index (χ4n) is 5.51. The van der Waals surface area contributed by atoms with Gasteiger partial charge in [0, 0.05) is 16.9 Å². The number of rotatable bonds is 10. The number of ether oxygens (including phenoxy) is 1. The summed E-state index contributed by atoms with van der Waals surface area (Å²) in [5.74, 6) is -0.612. The van der Waals surface area contributed by atoms with E-state index in [1.807, 2.05) is 67.6 Å². The van der Waals surface area contributed by atoms with E-state index in [0.717, 1.165) is 15.9 Å². The Kier molecular flexibility index (Phi) is 9.94. The van der Waals surface area contributed by atoms with Crippen molar-refractivity contribution in [2.24, 2.45) is 5.11 Å². The molecule has 0 heterocycles. The van der Waals surface area contributed by atoms with Crippen LogP contribution < -0.4 is 10.4 Å². The molecular weight excluding hydrogens is 583 g/mol. The van der Waals surface area contributed by atoms with E-state index >= 15 is 0 Å². The Hall–Kier alpha value is -3.73. The van der Waals surface area contributed by atoms with Gasteiger partial charge in [-0.15, -0.1) is 0 Å². The van der Waals surface area contributed by atoms with Crippen LogP contribution in [-0.4, -0.2) is 47.6 Å². The van der Waals surface area contributed by atoms with E-state index < -0.39 is 47.7 Å². The Balaban J connectivity index is 1.88. The van der Waals surface area contributed by atoms with Crippen LogP contribution in [-0.2, 0) is 28.3 Å². The van der Waals surface area contributed by atoms with E-state index in [4.69, 9.17) is 13.3 Å². The predicted octanol–water partition coefficient (Wildman–Crippen LogP) is 5.59. The molecule has 0 radical (unpaired) electrons. The maximum absolute atomic E-state index is 13.4. The average Bonchev–Trinajstić information content (AvgIpc) is 2.97. The van der Waals surface area contributed by atoms with Gasteiger partial charge in [0.1, 0.15) is 6.10 Å². The van der Waals surface area contributed by atoms with Crippen LogP contribution in [0.5, 0.6) is 0 Å². The van der Waals surface area contributed by atoms with Gasteiger partial charge >= 0.3 is 5.97 Å². The van der Waals surface area contributed by atoms with Crippen molar-refractivity contribution in [1.82, 2.24) is 0 Å². The van der Waals surface area contributed by atoms with Gasteiger partial charge in [-0.25, -0.2) is 4.79 Å². The van der Waals surface area contributed by atoms with Gasteiger partial charge in [0.25, 0.3) is 18.4 Å². The van der Waals surface area contributed by atoms with Crippen molar-refractivity contribution < 1.29 is 26.6 Å². The van der Waals surface area contributed by atoms with Gasteiger partial charge in [-0.2, -0.15) is 8.42 Å². The number of carbonyl (C=O) groups excluding carboxylic acids is 1. The summed E-state index contributed by atoms with van der Waals surface area (Å²) in [6, 6.07) is 24.9. The quantitative estimate of drug-likeness (QED) is 0.0727. The summed E-state index contributed by atoms with van der Waals surface area (Å²) in [7, 11) is -7.53. The molecule has 0 saturated heterocycles. The standard InChI is InChI=1S/C32H37N3O6SSi/c1-6-39-31(36)24-21-28(40-42(37,38)25-19-17-23(2)18-20-25)30(34-35-33)29(22-24)41-43(32(3,4)5,26-13-9-7-10-14-26)27-15-11-8-12-16-27/h7-21,28-30H,6,22H2,1-5H3/t28-,29+,30-/m0/s1. The predicted molar refractivity (Wildman–Crippen MR) is 168 cm³/mol. The number of carbonyl (C=O) groups is 1. The molecule has 1 aliphatic rings. The molecule has 0 amide bonds. The second-order valence-corrected chi connectivity index (χ2v) is 17.3. The molecule has 0 aromatic heterocycles. The molecule has 4 rings (SSSR count). The smallest absolute Gasteiger partial charge is 0.333 e. The Labute approximate surface area is 254 Å². The summed E-state index contributed by atoms with van der Waals surface area (Å²) in [4.78, 5) is 16.1. The lowest BCUT2D eigenvalue weighted by atomic mass is 9.91. The molecule has 226 valence electrons. The number of esters is 1. The number of hydrogen-bond acceptors (Lipinski definition) is 7. The van der Waals surface area contributed by atoms with Gasteiger partial charge in [0.15, 0.2) is 0 Å². The SMILES string of the molecule is CCOC(=O)C1=C[C@H](OS(=O)(=O)c2ccc(C)cc2)[C@H](N=[N+]=[N-])[C@H](O[Si](c2ccccc2)(c2ccccc2)C(C)(C)C)C1. The summed E-state index contributed by atoms with van der Waals surface area (Å²) >= 11 is 0. The van der Waals surface area contributed by atoms with Crippen molar-refractivity contribution in [3.63, 3.8) is 0 Å². The maximum Gasteiger partial charge on any atom is 0.333 e. The lowest BCUT2D eigenvalue weighted by Crippen LogP contribution is -2.69. The summed E-state index contributed by atoms with van der Waals surface area (Å²) in [6.45, 7) is 9.96. The van der Waals surface area contributed by atoms with Crippen molar-refractivity contribution in [3.8, 4) is 0 Å². The van der Waals surface area contributed by atoms with Crippen LogP contribution in [0, 0.1) is 6.92 Å². The van der Waals surface area contributed by atoms with Gasteiger partial charge in [-0.1, -0.05) is 104 Å². The van der Waals surface area contributed by atoms with Crippen LogP contribution in [0.15, 0.2) is 107 Å². The van der Waals surface area contributed by atoms with E-state index in [2.05, 4.69) is 30.8 Å².